The number of nitriles is 1. The van der Waals surface area contributed by atoms with Crippen molar-refractivity contribution in [3.05, 3.63) is 102 Å². The Morgan fingerprint density at radius 1 is 1.00 bits per heavy atom. The van der Waals surface area contributed by atoms with E-state index in [4.69, 9.17) is 5.73 Å². The van der Waals surface area contributed by atoms with E-state index in [1.807, 2.05) is 67.6 Å². The van der Waals surface area contributed by atoms with Crippen LogP contribution in [0.25, 0.3) is 16.8 Å². The molecular formula is C28H28N6O. The SMILES string of the molecule is CC(NC(=O)NCCCc1nn(-c2ccccc2)c(N)c1C#N)c1ccc(-c2ccccc2)cc1. The molecule has 1 heterocycles. The first-order valence-corrected chi connectivity index (χ1v) is 11.6. The van der Waals surface area contributed by atoms with Crippen LogP contribution in [0.4, 0.5) is 10.6 Å². The fourth-order valence-corrected chi connectivity index (χ4v) is 3.92. The maximum absolute atomic E-state index is 12.4. The molecule has 0 aliphatic heterocycles. The molecule has 0 aliphatic carbocycles. The van der Waals surface area contributed by atoms with Crippen LogP contribution in [0.1, 0.15) is 36.2 Å². The maximum atomic E-state index is 12.4. The van der Waals surface area contributed by atoms with Gasteiger partial charge in [0, 0.05) is 6.54 Å². The monoisotopic (exact) mass is 464 g/mol. The second kappa shape index (κ2) is 11.0. The highest BCUT2D eigenvalue weighted by Gasteiger charge is 2.16. The van der Waals surface area contributed by atoms with Crippen molar-refractivity contribution in [3.63, 3.8) is 0 Å². The van der Waals surface area contributed by atoms with E-state index in [1.54, 1.807) is 4.68 Å². The molecule has 0 bridgehead atoms. The second-order valence-corrected chi connectivity index (χ2v) is 8.28. The van der Waals surface area contributed by atoms with Crippen LogP contribution in [-0.2, 0) is 6.42 Å². The second-order valence-electron chi connectivity index (χ2n) is 8.28. The minimum Gasteiger partial charge on any atom is -0.382 e. The van der Waals surface area contributed by atoms with Gasteiger partial charge in [0.1, 0.15) is 17.5 Å². The number of rotatable bonds is 8. The molecule has 2 amide bonds. The lowest BCUT2D eigenvalue weighted by atomic mass is 10.0. The van der Waals surface area contributed by atoms with Gasteiger partial charge in [-0.15, -0.1) is 0 Å². The zero-order chi connectivity index (χ0) is 24.6. The Kier molecular flexibility index (Phi) is 7.44. The number of amides is 2. The van der Waals surface area contributed by atoms with Crippen molar-refractivity contribution >= 4 is 11.8 Å². The Hall–Kier alpha value is -4.57. The highest BCUT2D eigenvalue weighted by atomic mass is 16.2. The minimum absolute atomic E-state index is 0.133. The molecule has 0 saturated carbocycles. The molecule has 0 aliphatic rings. The first-order valence-electron chi connectivity index (χ1n) is 11.6. The zero-order valence-electron chi connectivity index (χ0n) is 19.6. The van der Waals surface area contributed by atoms with Gasteiger partial charge in [-0.3, -0.25) is 0 Å². The quantitative estimate of drug-likeness (QED) is 0.319. The Labute approximate surface area is 205 Å². The van der Waals surface area contributed by atoms with Crippen molar-refractivity contribution in [2.45, 2.75) is 25.8 Å². The molecule has 4 rings (SSSR count). The smallest absolute Gasteiger partial charge is 0.315 e. The van der Waals surface area contributed by atoms with Crippen molar-refractivity contribution in [2.75, 3.05) is 12.3 Å². The van der Waals surface area contributed by atoms with Crippen molar-refractivity contribution in [2.24, 2.45) is 0 Å². The van der Waals surface area contributed by atoms with E-state index in [2.05, 4.69) is 46.1 Å². The lowest BCUT2D eigenvalue weighted by Crippen LogP contribution is -2.37. The highest BCUT2D eigenvalue weighted by Crippen LogP contribution is 2.22. The lowest BCUT2D eigenvalue weighted by molar-refractivity contribution is 0.238. The molecule has 1 unspecified atom stereocenters. The van der Waals surface area contributed by atoms with Gasteiger partial charge in [0.25, 0.3) is 0 Å². The Morgan fingerprint density at radius 2 is 1.63 bits per heavy atom. The third-order valence-electron chi connectivity index (χ3n) is 5.85. The molecule has 3 aromatic carbocycles. The number of aryl methyl sites for hydroxylation is 1. The lowest BCUT2D eigenvalue weighted by Gasteiger charge is -2.15. The number of nitrogens with zero attached hydrogens (tertiary/aromatic N) is 3. The average molecular weight is 465 g/mol. The van der Waals surface area contributed by atoms with E-state index in [9.17, 15) is 10.1 Å². The number of hydrogen-bond donors (Lipinski definition) is 3. The Balaban J connectivity index is 1.27. The topological polar surface area (TPSA) is 109 Å². The molecular weight excluding hydrogens is 436 g/mol. The number of anilines is 1. The number of benzene rings is 3. The van der Waals surface area contributed by atoms with Gasteiger partial charge in [0.05, 0.1) is 17.4 Å². The van der Waals surface area contributed by atoms with Gasteiger partial charge in [0.2, 0.25) is 0 Å². The number of carbonyl (C=O) groups is 1. The molecule has 35 heavy (non-hydrogen) atoms. The third-order valence-corrected chi connectivity index (χ3v) is 5.85. The van der Waals surface area contributed by atoms with Crippen LogP contribution < -0.4 is 16.4 Å². The molecule has 1 aromatic heterocycles. The summed E-state index contributed by atoms with van der Waals surface area (Å²) in [5.74, 6) is 0.325. The summed E-state index contributed by atoms with van der Waals surface area (Å²) in [4.78, 5) is 12.4. The predicted molar refractivity (Wildman–Crippen MR) is 138 cm³/mol. The fraction of sp³-hybridized carbons (Fsp3) is 0.179. The van der Waals surface area contributed by atoms with Crippen LogP contribution in [0.15, 0.2) is 84.9 Å². The molecule has 4 N–H and O–H groups in total. The first-order chi connectivity index (χ1) is 17.1. The van der Waals surface area contributed by atoms with Crippen LogP contribution >= 0.6 is 0 Å². The number of carbonyl (C=O) groups excluding carboxylic acids is 1. The largest absolute Gasteiger partial charge is 0.382 e. The van der Waals surface area contributed by atoms with Gasteiger partial charge in [-0.2, -0.15) is 10.4 Å². The van der Waals surface area contributed by atoms with Gasteiger partial charge in [-0.05, 0) is 48.6 Å². The van der Waals surface area contributed by atoms with E-state index >= 15 is 0 Å². The first kappa shape index (κ1) is 23.6. The summed E-state index contributed by atoms with van der Waals surface area (Å²) in [7, 11) is 0. The number of urea groups is 1. The molecule has 1 atom stereocenters. The standard InChI is InChI=1S/C28H28N6O/c1-20(21-14-16-23(17-15-21)22-9-4-2-5-10-22)32-28(35)31-18-8-13-26-25(19-29)27(30)34(33-26)24-11-6-3-7-12-24/h2-7,9-12,14-17,20H,8,13,18,30H2,1H3,(H2,31,32,35). The molecule has 0 radical (unpaired) electrons. The van der Waals surface area contributed by atoms with Crippen molar-refractivity contribution in [1.82, 2.24) is 20.4 Å². The molecule has 0 saturated heterocycles. The summed E-state index contributed by atoms with van der Waals surface area (Å²) in [6, 6.07) is 29.6. The number of nitrogen functional groups attached to an aromatic ring is 1. The number of aromatic nitrogens is 2. The summed E-state index contributed by atoms with van der Waals surface area (Å²) in [5, 5.41) is 19.9. The molecule has 0 fully saturated rings. The molecule has 0 spiro atoms. The highest BCUT2D eigenvalue weighted by molar-refractivity contribution is 5.74. The normalized spacial score (nSPS) is 11.4. The Bertz CT molecular complexity index is 1310. The van der Waals surface area contributed by atoms with Crippen LogP contribution in [-0.4, -0.2) is 22.4 Å². The van der Waals surface area contributed by atoms with E-state index in [0.717, 1.165) is 22.4 Å². The maximum Gasteiger partial charge on any atom is 0.315 e. The van der Waals surface area contributed by atoms with Crippen LogP contribution in [0, 0.1) is 11.3 Å². The van der Waals surface area contributed by atoms with Crippen molar-refractivity contribution in [3.8, 4) is 22.9 Å². The fourth-order valence-electron chi connectivity index (χ4n) is 3.92. The number of nitrogens with one attached hydrogen (secondary N) is 2. The summed E-state index contributed by atoms with van der Waals surface area (Å²) < 4.78 is 1.58. The average Bonchev–Trinajstić information content (AvgIpc) is 3.22. The van der Waals surface area contributed by atoms with E-state index in [0.29, 0.717) is 36.5 Å². The molecule has 7 nitrogen and oxygen atoms in total. The predicted octanol–water partition coefficient (Wildman–Crippen LogP) is 4.99. The van der Waals surface area contributed by atoms with Gasteiger partial charge in [-0.1, -0.05) is 72.8 Å². The summed E-state index contributed by atoms with van der Waals surface area (Å²) >= 11 is 0. The van der Waals surface area contributed by atoms with Gasteiger partial charge in [-0.25, -0.2) is 9.48 Å². The Morgan fingerprint density at radius 3 is 2.29 bits per heavy atom. The summed E-state index contributed by atoms with van der Waals surface area (Å²) in [5.41, 5.74) is 11.3. The molecule has 7 heteroatoms. The number of hydrogen-bond acceptors (Lipinski definition) is 4. The third kappa shape index (κ3) is 5.68. The van der Waals surface area contributed by atoms with Gasteiger partial charge >= 0.3 is 6.03 Å². The van der Waals surface area contributed by atoms with Crippen LogP contribution in [0.3, 0.4) is 0 Å². The van der Waals surface area contributed by atoms with Gasteiger partial charge < -0.3 is 16.4 Å². The zero-order valence-corrected chi connectivity index (χ0v) is 19.6. The van der Waals surface area contributed by atoms with E-state index in [-0.39, 0.29) is 12.1 Å². The minimum atomic E-state index is -0.237. The van der Waals surface area contributed by atoms with E-state index in [1.165, 1.54) is 0 Å². The van der Waals surface area contributed by atoms with Crippen LogP contribution in [0.2, 0.25) is 0 Å². The van der Waals surface area contributed by atoms with E-state index < -0.39 is 0 Å². The number of para-hydroxylation sites is 1. The summed E-state index contributed by atoms with van der Waals surface area (Å²) in [6.07, 6.45) is 1.16. The summed E-state index contributed by atoms with van der Waals surface area (Å²) in [6.45, 7) is 2.41. The number of nitrogens with two attached hydrogens (primary N) is 1. The van der Waals surface area contributed by atoms with Gasteiger partial charge in [0.15, 0.2) is 0 Å². The molecule has 176 valence electrons. The molecule has 4 aromatic rings. The van der Waals surface area contributed by atoms with Crippen molar-refractivity contribution in [1.29, 1.82) is 5.26 Å². The van der Waals surface area contributed by atoms with Crippen molar-refractivity contribution < 1.29 is 4.79 Å². The van der Waals surface area contributed by atoms with Crippen LogP contribution in [0.5, 0.6) is 0 Å².